The molecule has 1 N–H and O–H groups in total. The zero-order valence-electron chi connectivity index (χ0n) is 10.3. The summed E-state index contributed by atoms with van der Waals surface area (Å²) in [6, 6.07) is 7.76. The number of nitrogens with one attached hydrogen (secondary N) is 1. The van der Waals surface area contributed by atoms with Gasteiger partial charge in [-0.15, -0.1) is 0 Å². The third kappa shape index (κ3) is 2.58. The lowest BCUT2D eigenvalue weighted by atomic mass is 10.3. The van der Waals surface area contributed by atoms with Gasteiger partial charge in [0.1, 0.15) is 11.5 Å². The smallest absolute Gasteiger partial charge is 0.213 e. The summed E-state index contributed by atoms with van der Waals surface area (Å²) >= 11 is 0. The van der Waals surface area contributed by atoms with Crippen LogP contribution in [0.2, 0.25) is 0 Å². The zero-order valence-corrected chi connectivity index (χ0v) is 10.3. The van der Waals surface area contributed by atoms with Crippen LogP contribution in [0.5, 0.6) is 5.75 Å². The highest BCUT2D eigenvalue weighted by Gasteiger charge is 2.06. The van der Waals surface area contributed by atoms with E-state index in [0.29, 0.717) is 12.4 Å². The molecule has 0 saturated carbocycles. The number of para-hydroxylation sites is 2. The molecule has 4 nitrogen and oxygen atoms in total. The summed E-state index contributed by atoms with van der Waals surface area (Å²) in [7, 11) is 1.65. The molecule has 0 saturated heterocycles. The molecule has 90 valence electrons. The van der Waals surface area contributed by atoms with Crippen molar-refractivity contribution in [2.24, 2.45) is 0 Å². The third-order valence-corrected chi connectivity index (χ3v) is 2.61. The summed E-state index contributed by atoms with van der Waals surface area (Å²) in [5.41, 5.74) is 1.87. The van der Waals surface area contributed by atoms with Crippen molar-refractivity contribution in [2.75, 3.05) is 12.4 Å². The Morgan fingerprint density at radius 2 is 2.06 bits per heavy atom. The van der Waals surface area contributed by atoms with Crippen LogP contribution in [0.3, 0.4) is 0 Å². The van der Waals surface area contributed by atoms with E-state index < -0.39 is 0 Å². The summed E-state index contributed by atoms with van der Waals surface area (Å²) in [5.74, 6) is 2.36. The van der Waals surface area contributed by atoms with Gasteiger partial charge in [0, 0.05) is 0 Å². The lowest BCUT2D eigenvalue weighted by Gasteiger charge is -2.08. The van der Waals surface area contributed by atoms with E-state index in [1.54, 1.807) is 7.11 Å². The van der Waals surface area contributed by atoms with Gasteiger partial charge in [-0.25, -0.2) is 4.98 Å². The van der Waals surface area contributed by atoms with Gasteiger partial charge in [0.05, 0.1) is 25.0 Å². The van der Waals surface area contributed by atoms with Gasteiger partial charge >= 0.3 is 0 Å². The predicted molar refractivity (Wildman–Crippen MR) is 66.3 cm³/mol. The predicted octanol–water partition coefficient (Wildman–Crippen LogP) is 2.91. The second kappa shape index (κ2) is 4.91. The minimum Gasteiger partial charge on any atom is -0.495 e. The van der Waals surface area contributed by atoms with Crippen molar-refractivity contribution in [3.8, 4) is 5.75 Å². The van der Waals surface area contributed by atoms with Crippen molar-refractivity contribution in [3.63, 3.8) is 0 Å². The fourth-order valence-electron chi connectivity index (χ4n) is 1.58. The lowest BCUT2D eigenvalue weighted by Crippen LogP contribution is -2.01. The van der Waals surface area contributed by atoms with Gasteiger partial charge in [0.25, 0.3) is 0 Å². The van der Waals surface area contributed by atoms with Crippen LogP contribution >= 0.6 is 0 Å². The number of oxazole rings is 1. The van der Waals surface area contributed by atoms with Gasteiger partial charge in [-0.1, -0.05) is 12.1 Å². The molecular weight excluding hydrogens is 216 g/mol. The Balaban J connectivity index is 2.07. The Hall–Kier alpha value is -1.97. The highest BCUT2D eigenvalue weighted by molar-refractivity contribution is 5.55. The first-order valence-corrected chi connectivity index (χ1v) is 5.50. The number of ether oxygens (including phenoxy) is 1. The van der Waals surface area contributed by atoms with E-state index >= 15 is 0 Å². The van der Waals surface area contributed by atoms with Gasteiger partial charge in [-0.3, -0.25) is 0 Å². The molecule has 0 aliphatic rings. The molecule has 17 heavy (non-hydrogen) atoms. The van der Waals surface area contributed by atoms with E-state index in [1.165, 1.54) is 0 Å². The average molecular weight is 232 g/mol. The van der Waals surface area contributed by atoms with Gasteiger partial charge in [-0.2, -0.15) is 0 Å². The fourth-order valence-corrected chi connectivity index (χ4v) is 1.58. The molecule has 0 amide bonds. The number of aromatic nitrogens is 1. The Kier molecular flexibility index (Phi) is 3.32. The van der Waals surface area contributed by atoms with Crippen LogP contribution in [0.15, 0.2) is 28.7 Å². The van der Waals surface area contributed by atoms with Crippen LogP contribution in [0.1, 0.15) is 17.3 Å². The Morgan fingerprint density at radius 3 is 2.71 bits per heavy atom. The van der Waals surface area contributed by atoms with Crippen molar-refractivity contribution < 1.29 is 9.15 Å². The maximum atomic E-state index is 5.50. The molecule has 4 heteroatoms. The highest BCUT2D eigenvalue weighted by Crippen LogP contribution is 2.23. The zero-order chi connectivity index (χ0) is 12.3. The highest BCUT2D eigenvalue weighted by atomic mass is 16.5. The number of hydrogen-bond acceptors (Lipinski definition) is 4. The molecule has 0 bridgehead atoms. The standard InChI is InChI=1S/C13H16N2O2/c1-9-10(2)17-13(15-9)8-14-11-6-4-5-7-12(11)16-3/h4-7,14H,8H2,1-3H3. The minimum atomic E-state index is 0.551. The van der Waals surface area contributed by atoms with Crippen molar-refractivity contribution in [2.45, 2.75) is 20.4 Å². The van der Waals surface area contributed by atoms with Crippen LogP contribution in [-0.4, -0.2) is 12.1 Å². The SMILES string of the molecule is COc1ccccc1NCc1nc(C)c(C)o1. The van der Waals surface area contributed by atoms with Crippen LogP contribution in [0.4, 0.5) is 5.69 Å². The summed E-state index contributed by atoms with van der Waals surface area (Å²) in [6.45, 7) is 4.40. The Labute approximate surface area is 101 Å². The van der Waals surface area contributed by atoms with Gasteiger partial charge < -0.3 is 14.5 Å². The number of aryl methyl sites for hydroxylation is 2. The maximum Gasteiger partial charge on any atom is 0.213 e. The molecule has 1 heterocycles. The molecule has 0 atom stereocenters. The average Bonchev–Trinajstić information content (AvgIpc) is 2.66. The second-order valence-corrected chi connectivity index (χ2v) is 3.80. The van der Waals surface area contributed by atoms with E-state index in [1.807, 2.05) is 38.1 Å². The minimum absolute atomic E-state index is 0.551. The lowest BCUT2D eigenvalue weighted by molar-refractivity contribution is 0.416. The molecule has 0 fully saturated rings. The van der Waals surface area contributed by atoms with E-state index in [2.05, 4.69) is 10.3 Å². The monoisotopic (exact) mass is 232 g/mol. The van der Waals surface area contributed by atoms with E-state index in [4.69, 9.17) is 9.15 Å². The molecule has 0 spiro atoms. The summed E-state index contributed by atoms with van der Waals surface area (Å²) in [4.78, 5) is 4.31. The van der Waals surface area contributed by atoms with Gasteiger partial charge in [0.2, 0.25) is 5.89 Å². The first kappa shape index (κ1) is 11.5. The van der Waals surface area contributed by atoms with Crippen LogP contribution in [0, 0.1) is 13.8 Å². The van der Waals surface area contributed by atoms with E-state index in [9.17, 15) is 0 Å². The second-order valence-electron chi connectivity index (χ2n) is 3.80. The van der Waals surface area contributed by atoms with Gasteiger partial charge in [-0.05, 0) is 26.0 Å². The molecule has 1 aromatic heterocycles. The first-order chi connectivity index (χ1) is 8.20. The topological polar surface area (TPSA) is 47.3 Å². The number of anilines is 1. The van der Waals surface area contributed by atoms with E-state index in [-0.39, 0.29) is 0 Å². The summed E-state index contributed by atoms with van der Waals surface area (Å²) in [6.07, 6.45) is 0. The molecule has 2 aromatic rings. The van der Waals surface area contributed by atoms with Crippen molar-refractivity contribution >= 4 is 5.69 Å². The normalized spacial score (nSPS) is 10.3. The van der Waals surface area contributed by atoms with Crippen LogP contribution in [-0.2, 0) is 6.54 Å². The number of methoxy groups -OCH3 is 1. The fraction of sp³-hybridized carbons (Fsp3) is 0.308. The van der Waals surface area contributed by atoms with Crippen LogP contribution in [0.25, 0.3) is 0 Å². The molecular formula is C13H16N2O2. The first-order valence-electron chi connectivity index (χ1n) is 5.50. The number of nitrogens with zero attached hydrogens (tertiary/aromatic N) is 1. The summed E-state index contributed by atoms with van der Waals surface area (Å²) < 4.78 is 10.7. The molecule has 0 aliphatic heterocycles. The molecule has 0 unspecified atom stereocenters. The van der Waals surface area contributed by atoms with Crippen molar-refractivity contribution in [3.05, 3.63) is 41.6 Å². The maximum absolute atomic E-state index is 5.50. The Bertz CT molecular complexity index is 486. The molecule has 0 aliphatic carbocycles. The number of rotatable bonds is 4. The summed E-state index contributed by atoms with van der Waals surface area (Å²) in [5, 5.41) is 3.24. The molecule has 0 radical (unpaired) electrons. The number of benzene rings is 1. The quantitative estimate of drug-likeness (QED) is 0.880. The largest absolute Gasteiger partial charge is 0.495 e. The third-order valence-electron chi connectivity index (χ3n) is 2.61. The number of hydrogen-bond donors (Lipinski definition) is 1. The van der Waals surface area contributed by atoms with Crippen molar-refractivity contribution in [1.29, 1.82) is 0 Å². The van der Waals surface area contributed by atoms with Crippen molar-refractivity contribution in [1.82, 2.24) is 4.98 Å². The molecule has 2 rings (SSSR count). The molecule has 1 aromatic carbocycles. The van der Waals surface area contributed by atoms with E-state index in [0.717, 1.165) is 22.9 Å². The Morgan fingerprint density at radius 1 is 1.29 bits per heavy atom. The van der Waals surface area contributed by atoms with Gasteiger partial charge in [0.15, 0.2) is 0 Å². The van der Waals surface area contributed by atoms with Crippen LogP contribution < -0.4 is 10.1 Å².